The number of amides is 1. The first kappa shape index (κ1) is 22.5. The number of anilines is 1. The van der Waals surface area contributed by atoms with E-state index in [1.165, 1.54) is 11.8 Å². The van der Waals surface area contributed by atoms with Crippen molar-refractivity contribution in [2.24, 2.45) is 0 Å². The van der Waals surface area contributed by atoms with E-state index in [-0.39, 0.29) is 11.7 Å². The number of thioether (sulfide) groups is 1. The van der Waals surface area contributed by atoms with Crippen LogP contribution in [0.3, 0.4) is 0 Å². The predicted molar refractivity (Wildman–Crippen MR) is 131 cm³/mol. The highest BCUT2D eigenvalue weighted by Crippen LogP contribution is 2.24. The number of rotatable bonds is 7. The van der Waals surface area contributed by atoms with Crippen LogP contribution in [0.1, 0.15) is 5.82 Å². The Hall–Kier alpha value is -1.66. The van der Waals surface area contributed by atoms with Gasteiger partial charge in [-0.3, -0.25) is 14.3 Å². The van der Waals surface area contributed by atoms with Crippen molar-refractivity contribution < 1.29 is 9.53 Å². The molecule has 1 aliphatic heterocycles. The smallest absolute Gasteiger partial charge is 0.234 e. The van der Waals surface area contributed by atoms with Gasteiger partial charge < -0.3 is 10.1 Å². The van der Waals surface area contributed by atoms with Gasteiger partial charge in [0, 0.05) is 33.1 Å². The van der Waals surface area contributed by atoms with Gasteiger partial charge in [-0.25, -0.2) is 0 Å². The third kappa shape index (κ3) is 6.19. The van der Waals surface area contributed by atoms with Gasteiger partial charge in [0.2, 0.25) is 5.91 Å². The Morgan fingerprint density at radius 2 is 1.94 bits per heavy atom. The number of hydrogen-bond acceptors (Lipinski definition) is 6. The Morgan fingerprint density at radius 1 is 1.16 bits per heavy atom. The zero-order chi connectivity index (χ0) is 21.6. The Kier molecular flexibility index (Phi) is 7.83. The zero-order valence-corrected chi connectivity index (χ0v) is 20.4. The van der Waals surface area contributed by atoms with Crippen LogP contribution in [-0.2, 0) is 16.1 Å². The SMILES string of the molecule is O=C(CSc1nnc(CN2CCOCC2)n1-c1ccc(Cl)cc1)Nc1cccc(I)c1. The molecule has 162 valence electrons. The number of carbonyl (C=O) groups excluding carboxylic acids is 1. The maximum Gasteiger partial charge on any atom is 0.234 e. The molecule has 1 saturated heterocycles. The van der Waals surface area contributed by atoms with Gasteiger partial charge in [0.1, 0.15) is 0 Å². The zero-order valence-electron chi connectivity index (χ0n) is 16.6. The molecule has 0 bridgehead atoms. The first-order valence-corrected chi connectivity index (χ1v) is 12.2. The van der Waals surface area contributed by atoms with Crippen molar-refractivity contribution in [2.45, 2.75) is 11.7 Å². The highest BCUT2D eigenvalue weighted by Gasteiger charge is 2.19. The van der Waals surface area contributed by atoms with E-state index in [2.05, 4.69) is 43.0 Å². The molecule has 2 aromatic carbocycles. The molecule has 0 aliphatic carbocycles. The lowest BCUT2D eigenvalue weighted by Crippen LogP contribution is -2.36. The average molecular weight is 570 g/mol. The van der Waals surface area contributed by atoms with Crippen LogP contribution in [0.5, 0.6) is 0 Å². The van der Waals surface area contributed by atoms with Crippen LogP contribution in [0.2, 0.25) is 5.02 Å². The van der Waals surface area contributed by atoms with Crippen molar-refractivity contribution in [1.82, 2.24) is 19.7 Å². The fourth-order valence-electron chi connectivity index (χ4n) is 3.20. The van der Waals surface area contributed by atoms with Gasteiger partial charge in [-0.15, -0.1) is 10.2 Å². The molecule has 0 spiro atoms. The monoisotopic (exact) mass is 569 g/mol. The van der Waals surface area contributed by atoms with E-state index >= 15 is 0 Å². The summed E-state index contributed by atoms with van der Waals surface area (Å²) in [7, 11) is 0. The minimum absolute atomic E-state index is 0.0904. The number of ether oxygens (including phenoxy) is 1. The van der Waals surface area contributed by atoms with Crippen LogP contribution in [0.4, 0.5) is 5.69 Å². The van der Waals surface area contributed by atoms with E-state index in [1.807, 2.05) is 53.1 Å². The Labute approximate surface area is 203 Å². The summed E-state index contributed by atoms with van der Waals surface area (Å²) in [6, 6.07) is 15.3. The number of nitrogens with one attached hydrogen (secondary N) is 1. The third-order valence-corrected chi connectivity index (χ3v) is 6.55. The molecular formula is C21H21ClIN5O2S. The molecule has 1 fully saturated rings. The number of halogens is 2. The highest BCUT2D eigenvalue weighted by atomic mass is 127. The number of morpholine rings is 1. The molecule has 0 saturated carbocycles. The van der Waals surface area contributed by atoms with Crippen molar-refractivity contribution in [2.75, 3.05) is 37.4 Å². The molecule has 1 amide bonds. The maximum absolute atomic E-state index is 12.5. The van der Waals surface area contributed by atoms with Crippen LogP contribution in [0, 0.1) is 3.57 Å². The van der Waals surface area contributed by atoms with Gasteiger partial charge in [0.15, 0.2) is 11.0 Å². The minimum atomic E-state index is -0.0904. The van der Waals surface area contributed by atoms with Crippen LogP contribution < -0.4 is 5.32 Å². The minimum Gasteiger partial charge on any atom is -0.379 e. The molecule has 10 heteroatoms. The molecule has 4 rings (SSSR count). The molecule has 7 nitrogen and oxygen atoms in total. The fourth-order valence-corrected chi connectivity index (χ4v) is 4.64. The molecule has 0 atom stereocenters. The van der Waals surface area contributed by atoms with Crippen molar-refractivity contribution >= 4 is 57.5 Å². The second kappa shape index (κ2) is 10.8. The highest BCUT2D eigenvalue weighted by molar-refractivity contribution is 14.1. The van der Waals surface area contributed by atoms with Gasteiger partial charge in [-0.1, -0.05) is 29.4 Å². The summed E-state index contributed by atoms with van der Waals surface area (Å²) in [5.41, 5.74) is 1.70. The number of hydrogen-bond donors (Lipinski definition) is 1. The number of aromatic nitrogens is 3. The summed E-state index contributed by atoms with van der Waals surface area (Å²) in [6.45, 7) is 3.81. The maximum atomic E-state index is 12.5. The normalized spacial score (nSPS) is 14.5. The van der Waals surface area contributed by atoms with Crippen LogP contribution >= 0.6 is 46.0 Å². The first-order chi connectivity index (χ1) is 15.1. The van der Waals surface area contributed by atoms with Gasteiger partial charge >= 0.3 is 0 Å². The van der Waals surface area contributed by atoms with E-state index in [1.54, 1.807) is 0 Å². The summed E-state index contributed by atoms with van der Waals surface area (Å²) in [5.74, 6) is 0.964. The van der Waals surface area contributed by atoms with Gasteiger partial charge in [0.25, 0.3) is 0 Å². The summed E-state index contributed by atoms with van der Waals surface area (Å²) < 4.78 is 8.51. The summed E-state index contributed by atoms with van der Waals surface area (Å²) in [5, 5.41) is 13.1. The van der Waals surface area contributed by atoms with Gasteiger partial charge in [0.05, 0.1) is 25.5 Å². The van der Waals surface area contributed by atoms with Gasteiger partial charge in [-0.05, 0) is 65.1 Å². The summed E-state index contributed by atoms with van der Waals surface area (Å²) >= 11 is 9.66. The van der Waals surface area contributed by atoms with Crippen LogP contribution in [-0.4, -0.2) is 57.6 Å². The van der Waals surface area contributed by atoms with Gasteiger partial charge in [-0.2, -0.15) is 0 Å². The molecule has 2 heterocycles. The second-order valence-corrected chi connectivity index (χ2v) is 9.57. The second-order valence-electron chi connectivity index (χ2n) is 6.95. The number of nitrogens with zero attached hydrogens (tertiary/aromatic N) is 4. The molecule has 0 unspecified atom stereocenters. The molecule has 31 heavy (non-hydrogen) atoms. The van der Waals surface area contributed by atoms with Crippen molar-refractivity contribution in [3.05, 3.63) is 62.9 Å². The third-order valence-electron chi connectivity index (χ3n) is 4.69. The molecule has 0 radical (unpaired) electrons. The van der Waals surface area contributed by atoms with E-state index in [0.29, 0.717) is 16.7 Å². The number of carbonyl (C=O) groups is 1. The summed E-state index contributed by atoms with van der Waals surface area (Å²) in [4.78, 5) is 14.8. The first-order valence-electron chi connectivity index (χ1n) is 9.77. The Morgan fingerprint density at radius 3 is 2.68 bits per heavy atom. The van der Waals surface area contributed by atoms with Crippen LogP contribution in [0.25, 0.3) is 5.69 Å². The lowest BCUT2D eigenvalue weighted by atomic mass is 10.3. The van der Waals surface area contributed by atoms with E-state index in [9.17, 15) is 4.79 Å². The van der Waals surface area contributed by atoms with Crippen molar-refractivity contribution in [1.29, 1.82) is 0 Å². The number of benzene rings is 2. The lowest BCUT2D eigenvalue weighted by molar-refractivity contribution is -0.113. The molecule has 3 aromatic rings. The van der Waals surface area contributed by atoms with Crippen molar-refractivity contribution in [3.63, 3.8) is 0 Å². The largest absolute Gasteiger partial charge is 0.379 e. The fraction of sp³-hybridized carbons (Fsp3) is 0.286. The molecular weight excluding hydrogens is 549 g/mol. The van der Waals surface area contributed by atoms with E-state index in [4.69, 9.17) is 16.3 Å². The van der Waals surface area contributed by atoms with Crippen molar-refractivity contribution in [3.8, 4) is 5.69 Å². The lowest BCUT2D eigenvalue weighted by Gasteiger charge is -2.26. The molecule has 1 aromatic heterocycles. The van der Waals surface area contributed by atoms with E-state index < -0.39 is 0 Å². The molecule has 1 aliphatic rings. The topological polar surface area (TPSA) is 72.3 Å². The molecule has 1 N–H and O–H groups in total. The quantitative estimate of drug-likeness (QED) is 0.342. The van der Waals surface area contributed by atoms with Crippen LogP contribution in [0.15, 0.2) is 53.7 Å². The average Bonchev–Trinajstić information content (AvgIpc) is 3.16. The van der Waals surface area contributed by atoms with E-state index in [0.717, 1.165) is 47.1 Å². The predicted octanol–water partition coefficient (Wildman–Crippen LogP) is 4.09. The Balaban J connectivity index is 1.50. The summed E-state index contributed by atoms with van der Waals surface area (Å²) in [6.07, 6.45) is 0. The standard InChI is InChI=1S/C21H21ClIN5O2S/c22-15-4-6-18(7-5-15)28-19(13-27-8-10-30-11-9-27)25-26-21(28)31-14-20(29)24-17-3-1-2-16(23)12-17/h1-7,12H,8-11,13-14H2,(H,24,29). The Bertz CT molecular complexity index is 1040.